The Hall–Kier alpha value is -0.940. The zero-order valence-corrected chi connectivity index (χ0v) is 10.4. The molecule has 0 fully saturated rings. The van der Waals surface area contributed by atoms with Gasteiger partial charge in [-0.2, -0.15) is 10.1 Å². The van der Waals surface area contributed by atoms with E-state index in [4.69, 9.17) is 16.3 Å². The maximum Gasteiger partial charge on any atom is 0.244 e. The lowest BCUT2D eigenvalue weighted by atomic mass is 10.1. The first-order chi connectivity index (χ1) is 7.68. The van der Waals surface area contributed by atoms with Gasteiger partial charge in [0.05, 0.1) is 12.8 Å². The van der Waals surface area contributed by atoms with Crippen LogP contribution in [0.5, 0.6) is 0 Å². The third-order valence-corrected chi connectivity index (χ3v) is 2.09. The van der Waals surface area contributed by atoms with Gasteiger partial charge in [0.25, 0.3) is 0 Å². The standard InChI is InChI=1S/C10H17ClN4O/c1-8(2)3-5-16-6-4-12-9-7-13-15-10(11)14-9/h7-8H,3-6H2,1-2H3,(H,12,14,15). The summed E-state index contributed by atoms with van der Waals surface area (Å²) in [4.78, 5) is 3.94. The highest BCUT2D eigenvalue weighted by Crippen LogP contribution is 2.03. The molecule has 0 bridgehead atoms. The highest BCUT2D eigenvalue weighted by molar-refractivity contribution is 6.28. The molecule has 0 aliphatic heterocycles. The molecule has 1 rings (SSSR count). The third-order valence-electron chi connectivity index (χ3n) is 1.93. The fourth-order valence-corrected chi connectivity index (χ4v) is 1.17. The quantitative estimate of drug-likeness (QED) is 0.744. The number of nitrogens with zero attached hydrogens (tertiary/aromatic N) is 3. The summed E-state index contributed by atoms with van der Waals surface area (Å²) in [7, 11) is 0. The number of ether oxygens (including phenoxy) is 1. The molecule has 1 heterocycles. The number of halogens is 1. The number of nitrogens with one attached hydrogen (secondary N) is 1. The topological polar surface area (TPSA) is 59.9 Å². The van der Waals surface area contributed by atoms with Crippen LogP contribution in [0.2, 0.25) is 5.28 Å². The summed E-state index contributed by atoms with van der Waals surface area (Å²) in [5.74, 6) is 1.30. The molecule has 90 valence electrons. The summed E-state index contributed by atoms with van der Waals surface area (Å²) in [6.07, 6.45) is 2.61. The minimum absolute atomic E-state index is 0.144. The van der Waals surface area contributed by atoms with Gasteiger partial charge in [-0.25, -0.2) is 0 Å². The Balaban J connectivity index is 2.07. The maximum absolute atomic E-state index is 5.59. The van der Waals surface area contributed by atoms with Crippen molar-refractivity contribution >= 4 is 17.4 Å². The van der Waals surface area contributed by atoms with Gasteiger partial charge in [0.15, 0.2) is 0 Å². The predicted molar refractivity (Wildman–Crippen MR) is 63.6 cm³/mol. The molecule has 0 atom stereocenters. The number of rotatable bonds is 7. The van der Waals surface area contributed by atoms with E-state index in [2.05, 4.69) is 34.3 Å². The first kappa shape index (κ1) is 13.1. The van der Waals surface area contributed by atoms with Crippen molar-refractivity contribution in [1.29, 1.82) is 0 Å². The van der Waals surface area contributed by atoms with Gasteiger partial charge in [-0.05, 0) is 23.9 Å². The summed E-state index contributed by atoms with van der Waals surface area (Å²) >= 11 is 5.59. The normalized spacial score (nSPS) is 10.8. The average Bonchev–Trinajstić information content (AvgIpc) is 2.23. The fourth-order valence-electron chi connectivity index (χ4n) is 1.04. The lowest BCUT2D eigenvalue weighted by Crippen LogP contribution is -2.12. The second-order valence-electron chi connectivity index (χ2n) is 3.83. The number of aromatic nitrogens is 3. The molecule has 16 heavy (non-hydrogen) atoms. The number of anilines is 1. The highest BCUT2D eigenvalue weighted by Gasteiger charge is 1.97. The van der Waals surface area contributed by atoms with Crippen LogP contribution in [0.4, 0.5) is 5.82 Å². The third kappa shape index (κ3) is 5.82. The molecule has 5 nitrogen and oxygen atoms in total. The van der Waals surface area contributed by atoms with Crippen LogP contribution in [-0.4, -0.2) is 34.9 Å². The Bertz CT molecular complexity index is 309. The minimum atomic E-state index is 0.144. The van der Waals surface area contributed by atoms with Crippen molar-refractivity contribution in [2.75, 3.05) is 25.1 Å². The highest BCUT2D eigenvalue weighted by atomic mass is 35.5. The molecule has 0 radical (unpaired) electrons. The van der Waals surface area contributed by atoms with Gasteiger partial charge in [0, 0.05) is 13.2 Å². The molecule has 0 saturated carbocycles. The Morgan fingerprint density at radius 1 is 1.44 bits per heavy atom. The van der Waals surface area contributed by atoms with E-state index >= 15 is 0 Å². The molecule has 1 aromatic rings. The van der Waals surface area contributed by atoms with Crippen molar-refractivity contribution in [3.63, 3.8) is 0 Å². The van der Waals surface area contributed by atoms with Crippen LogP contribution in [0, 0.1) is 5.92 Å². The van der Waals surface area contributed by atoms with Crippen molar-refractivity contribution in [1.82, 2.24) is 15.2 Å². The van der Waals surface area contributed by atoms with Crippen molar-refractivity contribution in [3.05, 3.63) is 11.5 Å². The summed E-state index contributed by atoms with van der Waals surface area (Å²) in [6, 6.07) is 0. The summed E-state index contributed by atoms with van der Waals surface area (Å²) < 4.78 is 5.44. The smallest absolute Gasteiger partial charge is 0.244 e. The molecule has 6 heteroatoms. The van der Waals surface area contributed by atoms with Crippen molar-refractivity contribution in [2.45, 2.75) is 20.3 Å². The van der Waals surface area contributed by atoms with Gasteiger partial charge in [-0.15, -0.1) is 5.10 Å². The van der Waals surface area contributed by atoms with Crippen LogP contribution >= 0.6 is 11.6 Å². The molecular weight excluding hydrogens is 228 g/mol. The van der Waals surface area contributed by atoms with E-state index in [1.54, 1.807) is 0 Å². The van der Waals surface area contributed by atoms with Gasteiger partial charge in [-0.1, -0.05) is 13.8 Å². The van der Waals surface area contributed by atoms with Crippen LogP contribution in [-0.2, 0) is 4.74 Å². The Labute approximate surface area is 101 Å². The first-order valence-electron chi connectivity index (χ1n) is 5.35. The van der Waals surface area contributed by atoms with Gasteiger partial charge in [0.1, 0.15) is 5.82 Å². The molecule has 1 aromatic heterocycles. The zero-order valence-electron chi connectivity index (χ0n) is 9.61. The minimum Gasteiger partial charge on any atom is -0.380 e. The second-order valence-corrected chi connectivity index (χ2v) is 4.17. The molecule has 0 aliphatic carbocycles. The Kier molecular flexibility index (Phi) is 6.03. The van der Waals surface area contributed by atoms with Crippen molar-refractivity contribution in [3.8, 4) is 0 Å². The monoisotopic (exact) mass is 244 g/mol. The first-order valence-corrected chi connectivity index (χ1v) is 5.73. The molecule has 0 amide bonds. The molecule has 0 saturated heterocycles. The van der Waals surface area contributed by atoms with E-state index in [1.165, 1.54) is 6.20 Å². The van der Waals surface area contributed by atoms with Gasteiger partial charge >= 0.3 is 0 Å². The van der Waals surface area contributed by atoms with Gasteiger partial charge < -0.3 is 10.1 Å². The average molecular weight is 245 g/mol. The molecule has 0 spiro atoms. The van der Waals surface area contributed by atoms with E-state index < -0.39 is 0 Å². The number of hydrogen-bond acceptors (Lipinski definition) is 5. The molecule has 0 aromatic carbocycles. The van der Waals surface area contributed by atoms with Crippen LogP contribution in [0.1, 0.15) is 20.3 Å². The van der Waals surface area contributed by atoms with Crippen molar-refractivity contribution in [2.24, 2.45) is 5.92 Å². The summed E-state index contributed by atoms with van der Waals surface area (Å²) in [6.45, 7) is 6.48. The SMILES string of the molecule is CC(C)CCOCCNc1cnnc(Cl)n1. The van der Waals surface area contributed by atoms with Crippen LogP contribution in [0.25, 0.3) is 0 Å². The number of hydrogen-bond donors (Lipinski definition) is 1. The second kappa shape index (κ2) is 7.35. The van der Waals surface area contributed by atoms with Gasteiger partial charge in [0.2, 0.25) is 5.28 Å². The largest absolute Gasteiger partial charge is 0.380 e. The zero-order chi connectivity index (χ0) is 11.8. The summed E-state index contributed by atoms with van der Waals surface area (Å²) in [5, 5.41) is 10.4. The Morgan fingerprint density at radius 2 is 2.25 bits per heavy atom. The van der Waals surface area contributed by atoms with Crippen LogP contribution < -0.4 is 5.32 Å². The van der Waals surface area contributed by atoms with Crippen LogP contribution in [0.3, 0.4) is 0 Å². The summed E-state index contributed by atoms with van der Waals surface area (Å²) in [5.41, 5.74) is 0. The Morgan fingerprint density at radius 3 is 2.94 bits per heavy atom. The van der Waals surface area contributed by atoms with Crippen LogP contribution in [0.15, 0.2) is 6.20 Å². The molecule has 1 N–H and O–H groups in total. The molecule has 0 aliphatic rings. The van der Waals surface area contributed by atoms with E-state index in [0.29, 0.717) is 24.9 Å². The lowest BCUT2D eigenvalue weighted by molar-refractivity contribution is 0.132. The fraction of sp³-hybridized carbons (Fsp3) is 0.700. The molecule has 0 unspecified atom stereocenters. The van der Waals surface area contributed by atoms with E-state index in [9.17, 15) is 0 Å². The van der Waals surface area contributed by atoms with E-state index in [0.717, 1.165) is 13.0 Å². The van der Waals surface area contributed by atoms with Gasteiger partial charge in [-0.3, -0.25) is 0 Å². The van der Waals surface area contributed by atoms with Crippen molar-refractivity contribution < 1.29 is 4.74 Å². The van der Waals surface area contributed by atoms with E-state index in [-0.39, 0.29) is 5.28 Å². The predicted octanol–water partition coefficient (Wildman–Crippen LogP) is 2.00. The maximum atomic E-state index is 5.59. The lowest BCUT2D eigenvalue weighted by Gasteiger charge is -2.07. The van der Waals surface area contributed by atoms with E-state index in [1.807, 2.05) is 0 Å². The molecular formula is C10H17ClN4O.